The van der Waals surface area contributed by atoms with Gasteiger partial charge in [0.2, 0.25) is 0 Å². The SMILES string of the molecule is N#Cc1cc(-c2ccc3c(c2)oc2cc(-c4ccccc4)c4ccccc4c23)ccn1.N#Cc1cc(-c2cccc(-c3ccc4c(c3)oc3ccc5ccccc5c34)n2)ccn1.N#Cc1ccnc(-c2ccc3c(c2)oc2cc(-c4ccccc4)c4ccccc4c23)c1.N#Cc1cncc(-c2ccc3c(c2)oc2cc(-c4ccccc4)c4ccccc4c23)c1. The highest BCUT2D eigenvalue weighted by molar-refractivity contribution is 6.26. The van der Waals surface area contributed by atoms with Crippen LogP contribution in [0.5, 0.6) is 0 Å². The summed E-state index contributed by atoms with van der Waals surface area (Å²) in [6, 6.07) is 127. The predicted molar refractivity (Wildman–Crippen MR) is 496 cm³/mol. The van der Waals surface area contributed by atoms with Crippen LogP contribution in [0.4, 0.5) is 0 Å². The number of hydrogen-bond acceptors (Lipinski definition) is 13. The summed E-state index contributed by atoms with van der Waals surface area (Å²) >= 11 is 0. The van der Waals surface area contributed by atoms with Gasteiger partial charge in [-0.2, -0.15) is 21.0 Å². The Hall–Kier alpha value is -17.8. The Balaban J connectivity index is 0.000000101. The van der Waals surface area contributed by atoms with Crippen LogP contribution in [0.1, 0.15) is 22.5 Å². The maximum absolute atomic E-state index is 9.20. The van der Waals surface area contributed by atoms with Crippen molar-refractivity contribution in [1.82, 2.24) is 24.9 Å². The van der Waals surface area contributed by atoms with Crippen molar-refractivity contribution in [2.45, 2.75) is 0 Å². The molecule has 0 amide bonds. The minimum absolute atomic E-state index is 0.376. The van der Waals surface area contributed by atoms with E-state index in [-0.39, 0.29) is 0 Å². The zero-order chi connectivity index (χ0) is 83.1. The van der Waals surface area contributed by atoms with E-state index in [0.717, 1.165) is 160 Å². The van der Waals surface area contributed by atoms with Crippen LogP contribution in [0.25, 0.3) is 220 Å². The van der Waals surface area contributed by atoms with Gasteiger partial charge in [0.25, 0.3) is 0 Å². The van der Waals surface area contributed by atoms with Gasteiger partial charge in [0.15, 0.2) is 0 Å². The molecule has 0 aliphatic rings. The van der Waals surface area contributed by atoms with Crippen LogP contribution in [0.15, 0.2) is 401 Å². The first kappa shape index (κ1) is 73.8. The van der Waals surface area contributed by atoms with Gasteiger partial charge in [-0.3, -0.25) is 9.97 Å². The summed E-state index contributed by atoms with van der Waals surface area (Å²) in [5, 5.41) is 55.1. The first-order valence-corrected chi connectivity index (χ1v) is 40.3. The Labute approximate surface area is 709 Å². The molecule has 0 atom stereocenters. The Kier molecular flexibility index (Phi) is 18.8. The van der Waals surface area contributed by atoms with Gasteiger partial charge in [0.1, 0.15) is 74.3 Å². The molecular weight excluding hydrogens is 1520 g/mol. The third kappa shape index (κ3) is 13.7. The maximum Gasteiger partial charge on any atom is 0.141 e. The second-order valence-electron chi connectivity index (χ2n) is 30.1. The van der Waals surface area contributed by atoms with Crippen LogP contribution in [0, 0.1) is 45.3 Å². The molecule has 9 aromatic heterocycles. The number of pyridine rings is 5. The van der Waals surface area contributed by atoms with Gasteiger partial charge in [-0.05, 0) is 221 Å². The van der Waals surface area contributed by atoms with Gasteiger partial charge >= 0.3 is 0 Å². The molecule has 0 spiro atoms. The van der Waals surface area contributed by atoms with Crippen molar-refractivity contribution in [3.63, 3.8) is 0 Å². The van der Waals surface area contributed by atoms with Crippen molar-refractivity contribution in [3.8, 4) is 114 Å². The predicted octanol–water partition coefficient (Wildman–Crippen LogP) is 28.8. The molecule has 0 saturated carbocycles. The van der Waals surface area contributed by atoms with E-state index in [1.807, 2.05) is 91.0 Å². The van der Waals surface area contributed by atoms with E-state index in [4.69, 9.17) is 33.2 Å². The molecule has 576 valence electrons. The Bertz CT molecular complexity index is 7980. The van der Waals surface area contributed by atoms with Crippen molar-refractivity contribution in [3.05, 3.63) is 405 Å². The van der Waals surface area contributed by atoms with Crippen molar-refractivity contribution in [2.75, 3.05) is 0 Å². The molecule has 24 rings (SSSR count). The monoisotopic (exact) mass is 1590 g/mol. The zero-order valence-corrected chi connectivity index (χ0v) is 66.0. The Morgan fingerprint density at radius 3 is 1.07 bits per heavy atom. The molecule has 0 N–H and O–H groups in total. The normalized spacial score (nSPS) is 11.2. The largest absolute Gasteiger partial charge is 0.456 e. The summed E-state index contributed by atoms with van der Waals surface area (Å²) < 4.78 is 25.3. The molecule has 13 nitrogen and oxygen atoms in total. The first-order chi connectivity index (χ1) is 61.2. The third-order valence-electron chi connectivity index (χ3n) is 22.9. The molecule has 0 unspecified atom stereocenters. The standard InChI is InChI=1S/3C28H16N2O.C27H15N3O/c29-15-18-12-21(17-30-16-18)20-10-11-24-26(13-20)31-27-14-25(19-6-2-1-3-7-19)22-8-4-5-9-23(22)28(24)27;29-17-18-12-13-30-25(14-18)20-10-11-23-26(15-20)31-27-16-24(19-6-2-1-3-7-19)21-8-4-5-9-22(21)28(23)27;29-17-21-14-20(12-13-30-21)19-10-11-24-26(15-19)31-27-16-25(18-6-2-1-3-7-18)22-8-4-5-9-23(22)28(24)27;28-16-20-14-19(12-13-29-20)24-7-3-6-23(30-24)18-8-10-22-26(15-18)31-25-11-9-17-4-1-2-5-21(17)27(22)25/h1-14,16-17H;2*1-16H;1-15H. The minimum atomic E-state index is 0.376. The van der Waals surface area contributed by atoms with Gasteiger partial charge in [0.05, 0.1) is 34.3 Å². The molecule has 124 heavy (non-hydrogen) atoms. The summed E-state index contributed by atoms with van der Waals surface area (Å²) in [5.74, 6) is 0. The number of nitrogens with zero attached hydrogens (tertiary/aromatic N) is 9. The molecule has 0 bridgehead atoms. The van der Waals surface area contributed by atoms with Gasteiger partial charge < -0.3 is 17.7 Å². The lowest BCUT2D eigenvalue weighted by molar-refractivity contribution is 0.669. The third-order valence-corrected chi connectivity index (χ3v) is 22.9. The second-order valence-corrected chi connectivity index (χ2v) is 30.1. The quantitative estimate of drug-likeness (QED) is 0.139. The van der Waals surface area contributed by atoms with Gasteiger partial charge in [-0.15, -0.1) is 0 Å². The van der Waals surface area contributed by atoms with Crippen molar-refractivity contribution in [2.24, 2.45) is 0 Å². The number of aromatic nitrogens is 5. The van der Waals surface area contributed by atoms with E-state index in [0.29, 0.717) is 22.5 Å². The maximum atomic E-state index is 9.20. The summed E-state index contributed by atoms with van der Waals surface area (Å²) in [5.41, 5.74) is 24.7. The lowest BCUT2D eigenvalue weighted by atomic mass is 9.94. The number of fused-ring (bicyclic) bond motifs is 20. The highest BCUT2D eigenvalue weighted by Gasteiger charge is 2.22. The number of nitriles is 4. The van der Waals surface area contributed by atoms with Crippen LogP contribution in [-0.2, 0) is 0 Å². The minimum Gasteiger partial charge on any atom is -0.456 e. The smallest absolute Gasteiger partial charge is 0.141 e. The van der Waals surface area contributed by atoms with E-state index in [1.165, 1.54) is 59.8 Å². The van der Waals surface area contributed by atoms with Crippen LogP contribution < -0.4 is 0 Å². The molecule has 13 heteroatoms. The molecule has 15 aromatic carbocycles. The topological polar surface area (TPSA) is 212 Å². The zero-order valence-electron chi connectivity index (χ0n) is 66.0. The average Bonchev–Trinajstić information content (AvgIpc) is 1.57. The molecule has 0 aliphatic heterocycles. The number of hydrogen-bond donors (Lipinski definition) is 0. The molecule has 0 radical (unpaired) electrons. The summed E-state index contributed by atoms with van der Waals surface area (Å²) in [6.07, 6.45) is 8.30. The lowest BCUT2D eigenvalue weighted by Gasteiger charge is -2.08. The van der Waals surface area contributed by atoms with Crippen LogP contribution >= 0.6 is 0 Å². The molecule has 0 saturated heterocycles. The van der Waals surface area contributed by atoms with Crippen molar-refractivity contribution >= 4 is 131 Å². The molecular formula is C111H63N9O4. The van der Waals surface area contributed by atoms with E-state index in [2.05, 4.69) is 281 Å². The summed E-state index contributed by atoms with van der Waals surface area (Å²) in [6.45, 7) is 0. The Morgan fingerprint density at radius 2 is 0.589 bits per heavy atom. The van der Waals surface area contributed by atoms with Gasteiger partial charge in [-0.25, -0.2) is 15.0 Å². The fourth-order valence-corrected chi connectivity index (χ4v) is 17.1. The van der Waals surface area contributed by atoms with Gasteiger partial charge in [0, 0.05) is 96.3 Å². The highest BCUT2D eigenvalue weighted by atomic mass is 16.3. The summed E-state index contributed by atoms with van der Waals surface area (Å²) in [4.78, 5) is 21.5. The van der Waals surface area contributed by atoms with E-state index in [9.17, 15) is 10.5 Å². The van der Waals surface area contributed by atoms with Crippen LogP contribution in [-0.4, -0.2) is 24.9 Å². The number of benzene rings is 15. The van der Waals surface area contributed by atoms with Gasteiger partial charge in [-0.1, -0.05) is 224 Å². The fraction of sp³-hybridized carbons (Fsp3) is 0. The molecule has 9 heterocycles. The molecule has 0 fully saturated rings. The summed E-state index contributed by atoms with van der Waals surface area (Å²) in [7, 11) is 0. The molecule has 24 aromatic rings. The number of rotatable bonds is 8. The second kappa shape index (κ2) is 31.6. The van der Waals surface area contributed by atoms with Crippen LogP contribution in [0.2, 0.25) is 0 Å². The highest BCUT2D eigenvalue weighted by Crippen LogP contribution is 2.46. The van der Waals surface area contributed by atoms with Crippen LogP contribution in [0.3, 0.4) is 0 Å². The van der Waals surface area contributed by atoms with Crippen molar-refractivity contribution < 1.29 is 17.7 Å². The fourth-order valence-electron chi connectivity index (χ4n) is 17.1. The average molecular weight is 1590 g/mol. The van der Waals surface area contributed by atoms with E-state index >= 15 is 0 Å². The first-order valence-electron chi connectivity index (χ1n) is 40.3. The number of furan rings is 4. The van der Waals surface area contributed by atoms with E-state index in [1.54, 1.807) is 55.2 Å². The molecule has 0 aliphatic carbocycles. The van der Waals surface area contributed by atoms with E-state index < -0.39 is 0 Å². The Morgan fingerprint density at radius 1 is 0.210 bits per heavy atom. The lowest BCUT2D eigenvalue weighted by Crippen LogP contribution is -1.89. The van der Waals surface area contributed by atoms with Crippen molar-refractivity contribution in [1.29, 1.82) is 21.0 Å².